The van der Waals surface area contributed by atoms with E-state index in [-0.39, 0.29) is 0 Å². The van der Waals surface area contributed by atoms with Gasteiger partial charge in [-0.05, 0) is 99.1 Å². The Morgan fingerprint density at radius 3 is 1.65 bits per heavy atom. The summed E-state index contributed by atoms with van der Waals surface area (Å²) in [6, 6.07) is 45.6. The summed E-state index contributed by atoms with van der Waals surface area (Å²) in [6.07, 6.45) is 5.56. The molecule has 0 radical (unpaired) electrons. The zero-order valence-electron chi connectivity index (χ0n) is 23.5. The van der Waals surface area contributed by atoms with Crippen molar-refractivity contribution in [1.29, 1.82) is 0 Å². The highest BCUT2D eigenvalue weighted by molar-refractivity contribution is 5.98. The van der Waals surface area contributed by atoms with Crippen molar-refractivity contribution in [2.75, 3.05) is 0 Å². The first kappa shape index (κ1) is 25.6. The van der Waals surface area contributed by atoms with Gasteiger partial charge in [-0.25, -0.2) is 0 Å². The van der Waals surface area contributed by atoms with E-state index in [1.807, 2.05) is 0 Å². The van der Waals surface area contributed by atoms with Crippen LogP contribution in [-0.4, -0.2) is 0 Å². The van der Waals surface area contributed by atoms with E-state index < -0.39 is 0 Å². The van der Waals surface area contributed by atoms with Crippen molar-refractivity contribution in [2.24, 2.45) is 0 Å². The monoisotopic (exact) mass is 514 g/mol. The van der Waals surface area contributed by atoms with Crippen LogP contribution in [0.4, 0.5) is 0 Å². The van der Waals surface area contributed by atoms with Gasteiger partial charge >= 0.3 is 0 Å². The van der Waals surface area contributed by atoms with Crippen molar-refractivity contribution >= 4 is 49.2 Å². The Hall–Kier alpha value is -4.68. The van der Waals surface area contributed by atoms with Crippen LogP contribution in [0.1, 0.15) is 27.8 Å². The fourth-order valence-corrected chi connectivity index (χ4v) is 5.68. The molecule has 0 aromatic heterocycles. The molecule has 0 atom stereocenters. The van der Waals surface area contributed by atoms with Crippen LogP contribution in [0.3, 0.4) is 0 Å². The molecule has 0 saturated heterocycles. The molecule has 0 unspecified atom stereocenters. The van der Waals surface area contributed by atoms with Crippen LogP contribution in [-0.2, 0) is 6.42 Å². The second-order valence-corrected chi connectivity index (χ2v) is 10.9. The van der Waals surface area contributed by atoms with Gasteiger partial charge in [-0.15, -0.1) is 0 Å². The molecule has 0 aliphatic heterocycles. The lowest BCUT2D eigenvalue weighted by Crippen LogP contribution is -1.93. The molecule has 7 aromatic carbocycles. The van der Waals surface area contributed by atoms with E-state index >= 15 is 0 Å². The summed E-state index contributed by atoms with van der Waals surface area (Å²) in [5.41, 5.74) is 6.82. The quantitative estimate of drug-likeness (QED) is 0.177. The van der Waals surface area contributed by atoms with Crippen LogP contribution in [0.15, 0.2) is 133 Å². The van der Waals surface area contributed by atoms with E-state index in [4.69, 9.17) is 0 Å². The van der Waals surface area contributed by atoms with Gasteiger partial charge in [0, 0.05) is 0 Å². The minimum Gasteiger partial charge on any atom is -0.0795 e. The van der Waals surface area contributed by atoms with Crippen LogP contribution in [0, 0.1) is 20.8 Å². The van der Waals surface area contributed by atoms with Crippen LogP contribution in [0.5, 0.6) is 0 Å². The average Bonchev–Trinajstić information content (AvgIpc) is 2.97. The lowest BCUT2D eigenvalue weighted by atomic mass is 9.92. The van der Waals surface area contributed by atoms with Crippen LogP contribution >= 0.6 is 0 Å². The third-order valence-corrected chi connectivity index (χ3v) is 7.64. The molecule has 0 heteroatoms. The molecule has 0 spiro atoms. The normalized spacial score (nSPS) is 11.7. The third kappa shape index (κ3) is 5.53. The molecule has 0 saturated carbocycles. The Labute approximate surface area is 237 Å². The molecule has 1 aliphatic carbocycles. The molecule has 7 aromatic rings. The van der Waals surface area contributed by atoms with Gasteiger partial charge in [-0.1, -0.05) is 139 Å². The van der Waals surface area contributed by atoms with E-state index in [2.05, 4.69) is 160 Å². The highest BCUT2D eigenvalue weighted by atomic mass is 14.1. The maximum absolute atomic E-state index is 2.27. The molecule has 0 fully saturated rings. The Kier molecular flexibility index (Phi) is 7.17. The summed E-state index contributed by atoms with van der Waals surface area (Å²) < 4.78 is 0. The van der Waals surface area contributed by atoms with Crippen LogP contribution < -0.4 is 0 Å². The number of hydrogen-bond donors (Lipinski definition) is 0. The minimum atomic E-state index is 1.08. The Bertz CT molecular complexity index is 2010. The average molecular weight is 515 g/mol. The lowest BCUT2D eigenvalue weighted by Gasteiger charge is -2.13. The predicted octanol–water partition coefficient (Wildman–Crippen LogP) is 11.2. The summed E-state index contributed by atoms with van der Waals surface area (Å²) >= 11 is 0. The second kappa shape index (κ2) is 11.2. The summed E-state index contributed by atoms with van der Waals surface area (Å²) in [4.78, 5) is 0. The van der Waals surface area contributed by atoms with Crippen molar-refractivity contribution in [1.82, 2.24) is 0 Å². The van der Waals surface area contributed by atoms with E-state index in [0.717, 1.165) is 6.42 Å². The summed E-state index contributed by atoms with van der Waals surface area (Å²) in [5, 5.41) is 10.7. The fourth-order valence-electron chi connectivity index (χ4n) is 5.68. The number of allylic oxidation sites excluding steroid dienone is 1. The van der Waals surface area contributed by atoms with Gasteiger partial charge in [0.25, 0.3) is 0 Å². The number of benzene rings is 7. The molecule has 1 aliphatic rings. The largest absolute Gasteiger partial charge is 0.0795 e. The van der Waals surface area contributed by atoms with Gasteiger partial charge < -0.3 is 0 Å². The number of aryl methyl sites for hydroxylation is 3. The van der Waals surface area contributed by atoms with Crippen molar-refractivity contribution in [3.05, 3.63) is 161 Å². The van der Waals surface area contributed by atoms with Crippen molar-refractivity contribution in [3.63, 3.8) is 0 Å². The van der Waals surface area contributed by atoms with Gasteiger partial charge in [0.2, 0.25) is 0 Å². The van der Waals surface area contributed by atoms with Crippen molar-refractivity contribution in [2.45, 2.75) is 27.2 Å². The molecule has 0 amide bonds. The van der Waals surface area contributed by atoms with Crippen molar-refractivity contribution < 1.29 is 0 Å². The molecule has 40 heavy (non-hydrogen) atoms. The topological polar surface area (TPSA) is 0 Å². The molecule has 0 nitrogen and oxygen atoms in total. The molecule has 0 bridgehead atoms. The van der Waals surface area contributed by atoms with E-state index in [0.29, 0.717) is 0 Å². The smallest absolute Gasteiger partial charge is 0.00761 e. The predicted molar refractivity (Wildman–Crippen MR) is 176 cm³/mol. The zero-order valence-corrected chi connectivity index (χ0v) is 23.5. The standard InChI is InChI=1S/C15H12.C14H12.C11H10/c1-11-6-7-14-9-12-4-2-3-5-13(12)10-15(14)8-11;1-10-8-12-6-2-4-11-5-3-7-13(9-10)14(11)12;1-9-6-7-10-4-2-3-5-11(10)8-9/h2-10H,1H3;2-4,6-9H,5H2,1H3;2-8H,1H3. The van der Waals surface area contributed by atoms with E-state index in [9.17, 15) is 0 Å². The van der Waals surface area contributed by atoms with Gasteiger partial charge in [0.05, 0.1) is 0 Å². The van der Waals surface area contributed by atoms with Crippen LogP contribution in [0.2, 0.25) is 0 Å². The maximum atomic E-state index is 2.27. The van der Waals surface area contributed by atoms with Crippen molar-refractivity contribution in [3.8, 4) is 0 Å². The van der Waals surface area contributed by atoms with Gasteiger partial charge in [0.15, 0.2) is 0 Å². The lowest BCUT2D eigenvalue weighted by molar-refractivity contribution is 1.29. The first-order valence-electron chi connectivity index (χ1n) is 14.1. The highest BCUT2D eigenvalue weighted by Crippen LogP contribution is 2.29. The molecule has 0 heterocycles. The number of hydrogen-bond acceptors (Lipinski definition) is 0. The first-order valence-corrected chi connectivity index (χ1v) is 14.1. The molecule has 194 valence electrons. The highest BCUT2D eigenvalue weighted by Gasteiger charge is 2.08. The van der Waals surface area contributed by atoms with Crippen LogP contribution in [0.25, 0.3) is 49.2 Å². The van der Waals surface area contributed by atoms with Gasteiger partial charge in [0.1, 0.15) is 0 Å². The van der Waals surface area contributed by atoms with E-state index in [1.165, 1.54) is 70.9 Å². The molecule has 0 N–H and O–H groups in total. The maximum Gasteiger partial charge on any atom is -0.00761 e. The third-order valence-electron chi connectivity index (χ3n) is 7.64. The van der Waals surface area contributed by atoms with E-state index in [1.54, 1.807) is 0 Å². The van der Waals surface area contributed by atoms with Gasteiger partial charge in [-0.2, -0.15) is 0 Å². The first-order chi connectivity index (χ1) is 19.5. The fraction of sp³-hybridized carbons (Fsp3) is 0.100. The molecule has 8 rings (SSSR count). The zero-order chi connectivity index (χ0) is 27.5. The van der Waals surface area contributed by atoms with Gasteiger partial charge in [-0.3, -0.25) is 0 Å². The SMILES string of the molecule is Cc1cc2c3c(cccc3c1)CC=C2.Cc1ccc2cc3ccccc3cc2c1.Cc1ccc2ccccc2c1. The summed E-state index contributed by atoms with van der Waals surface area (Å²) in [7, 11) is 0. The number of fused-ring (bicyclic) bond motifs is 3. The Balaban J connectivity index is 0.000000110. The minimum absolute atomic E-state index is 1.08. The number of rotatable bonds is 0. The second-order valence-electron chi connectivity index (χ2n) is 10.9. The summed E-state index contributed by atoms with van der Waals surface area (Å²) in [5.74, 6) is 0. The molecular formula is C40H34. The Morgan fingerprint density at radius 1 is 0.400 bits per heavy atom. The molecular weight excluding hydrogens is 480 g/mol. The summed E-state index contributed by atoms with van der Waals surface area (Å²) in [6.45, 7) is 6.41. The Morgan fingerprint density at radius 2 is 0.925 bits per heavy atom.